The van der Waals surface area contributed by atoms with E-state index in [0.29, 0.717) is 13.1 Å². The van der Waals surface area contributed by atoms with E-state index >= 15 is 0 Å². The fraction of sp³-hybridized carbons (Fsp3) is 0.917. The molecule has 1 atom stereocenters. The van der Waals surface area contributed by atoms with E-state index in [1.807, 2.05) is 13.8 Å². The van der Waals surface area contributed by atoms with Gasteiger partial charge in [-0.25, -0.2) is 12.7 Å². The van der Waals surface area contributed by atoms with E-state index in [1.54, 1.807) is 0 Å². The number of hydrogen-bond donors (Lipinski definition) is 2. The van der Waals surface area contributed by atoms with Gasteiger partial charge in [0, 0.05) is 19.1 Å². The molecule has 6 nitrogen and oxygen atoms in total. The van der Waals surface area contributed by atoms with Gasteiger partial charge >= 0.3 is 5.97 Å². The Bertz CT molecular complexity index is 389. The van der Waals surface area contributed by atoms with Gasteiger partial charge in [0.2, 0.25) is 10.0 Å². The second kappa shape index (κ2) is 7.21. The van der Waals surface area contributed by atoms with Crippen molar-refractivity contribution in [3.63, 3.8) is 0 Å². The molecule has 2 N–H and O–H groups in total. The van der Waals surface area contributed by atoms with Crippen molar-refractivity contribution < 1.29 is 18.3 Å². The molecular weight excluding hydrogens is 268 g/mol. The summed E-state index contributed by atoms with van der Waals surface area (Å²) in [7, 11) is -3.49. The molecule has 1 unspecified atom stereocenters. The first-order valence-corrected chi connectivity index (χ1v) is 8.35. The van der Waals surface area contributed by atoms with Crippen molar-refractivity contribution in [1.82, 2.24) is 9.62 Å². The maximum atomic E-state index is 12.2. The van der Waals surface area contributed by atoms with Crippen molar-refractivity contribution in [1.29, 1.82) is 0 Å². The van der Waals surface area contributed by atoms with Crippen LogP contribution in [0.5, 0.6) is 0 Å². The maximum absolute atomic E-state index is 12.2. The minimum Gasteiger partial charge on any atom is -0.481 e. The standard InChI is InChI=1S/C12H24N2O4S/c1-10(2)8-14(9-11-4-3-6-13-11)19(17,18)7-5-12(15)16/h10-11,13H,3-9H2,1-2H3,(H,15,16). The molecule has 1 aliphatic heterocycles. The third-order valence-corrected chi connectivity index (χ3v) is 4.93. The van der Waals surface area contributed by atoms with Crippen LogP contribution in [0.15, 0.2) is 0 Å². The van der Waals surface area contributed by atoms with Crippen LogP contribution in [0, 0.1) is 5.92 Å². The minimum atomic E-state index is -3.49. The van der Waals surface area contributed by atoms with Crippen molar-refractivity contribution >= 4 is 16.0 Å². The number of hydrogen-bond acceptors (Lipinski definition) is 4. The average molecular weight is 292 g/mol. The van der Waals surface area contributed by atoms with Gasteiger partial charge in [-0.05, 0) is 25.3 Å². The number of nitrogens with zero attached hydrogens (tertiary/aromatic N) is 1. The lowest BCUT2D eigenvalue weighted by Crippen LogP contribution is -2.43. The lowest BCUT2D eigenvalue weighted by Gasteiger charge is -2.26. The van der Waals surface area contributed by atoms with Crippen molar-refractivity contribution in [3.8, 4) is 0 Å². The Morgan fingerprint density at radius 1 is 1.47 bits per heavy atom. The summed E-state index contributed by atoms with van der Waals surface area (Å²) in [4.78, 5) is 10.5. The molecule has 1 rings (SSSR count). The Labute approximate surface area is 115 Å². The fourth-order valence-electron chi connectivity index (χ4n) is 2.21. The van der Waals surface area contributed by atoms with Gasteiger partial charge in [0.15, 0.2) is 0 Å². The summed E-state index contributed by atoms with van der Waals surface area (Å²) < 4.78 is 25.8. The molecule has 0 spiro atoms. The molecule has 0 bridgehead atoms. The van der Waals surface area contributed by atoms with Crippen LogP contribution in [0.4, 0.5) is 0 Å². The molecule has 0 amide bonds. The second-order valence-corrected chi connectivity index (χ2v) is 7.55. The second-order valence-electron chi connectivity index (χ2n) is 5.46. The average Bonchev–Trinajstić information content (AvgIpc) is 2.78. The molecule has 0 aliphatic carbocycles. The number of aliphatic carboxylic acids is 1. The van der Waals surface area contributed by atoms with Gasteiger partial charge < -0.3 is 10.4 Å². The summed E-state index contributed by atoms with van der Waals surface area (Å²) in [6.07, 6.45) is 1.70. The molecule has 19 heavy (non-hydrogen) atoms. The number of carbonyl (C=O) groups is 1. The van der Waals surface area contributed by atoms with E-state index in [0.717, 1.165) is 19.4 Å². The predicted molar refractivity (Wildman–Crippen MR) is 73.5 cm³/mol. The predicted octanol–water partition coefficient (Wildman–Crippen LogP) is 0.501. The zero-order valence-corrected chi connectivity index (χ0v) is 12.4. The maximum Gasteiger partial charge on any atom is 0.304 e. The quantitative estimate of drug-likeness (QED) is 0.680. The molecule has 0 radical (unpaired) electrons. The summed E-state index contributed by atoms with van der Waals surface area (Å²) in [5.74, 6) is -1.17. The topological polar surface area (TPSA) is 86.7 Å². The molecule has 112 valence electrons. The largest absolute Gasteiger partial charge is 0.481 e. The van der Waals surface area contributed by atoms with E-state index in [2.05, 4.69) is 5.32 Å². The lowest BCUT2D eigenvalue weighted by atomic mass is 10.2. The van der Waals surface area contributed by atoms with Crippen molar-refractivity contribution in [2.75, 3.05) is 25.4 Å². The van der Waals surface area contributed by atoms with Gasteiger partial charge in [-0.3, -0.25) is 4.79 Å². The van der Waals surface area contributed by atoms with Crippen LogP contribution >= 0.6 is 0 Å². The molecule has 0 aromatic rings. The number of nitrogens with one attached hydrogen (secondary N) is 1. The Hall–Kier alpha value is -0.660. The fourth-order valence-corrected chi connectivity index (χ4v) is 3.84. The van der Waals surface area contributed by atoms with Crippen LogP contribution in [0.3, 0.4) is 0 Å². The van der Waals surface area contributed by atoms with E-state index in [9.17, 15) is 13.2 Å². The Kier molecular flexibility index (Phi) is 6.22. The van der Waals surface area contributed by atoms with E-state index in [-0.39, 0.29) is 24.1 Å². The number of carboxylic acid groups (broad SMARTS) is 1. The summed E-state index contributed by atoms with van der Waals surface area (Å²) in [5, 5.41) is 11.9. The van der Waals surface area contributed by atoms with Crippen LogP contribution in [0.1, 0.15) is 33.1 Å². The summed E-state index contributed by atoms with van der Waals surface area (Å²) in [5.41, 5.74) is 0. The third kappa shape index (κ3) is 5.88. The highest BCUT2D eigenvalue weighted by atomic mass is 32.2. The van der Waals surface area contributed by atoms with Crippen molar-refractivity contribution in [2.45, 2.75) is 39.2 Å². The minimum absolute atomic E-state index is 0.193. The monoisotopic (exact) mass is 292 g/mol. The van der Waals surface area contributed by atoms with Crippen molar-refractivity contribution in [3.05, 3.63) is 0 Å². The van der Waals surface area contributed by atoms with Gasteiger partial charge in [-0.15, -0.1) is 0 Å². The van der Waals surface area contributed by atoms with Gasteiger partial charge in [0.05, 0.1) is 12.2 Å². The van der Waals surface area contributed by atoms with Crippen LogP contribution in [-0.2, 0) is 14.8 Å². The first-order chi connectivity index (χ1) is 8.81. The molecule has 0 aromatic heterocycles. The number of rotatable bonds is 8. The van der Waals surface area contributed by atoms with E-state index in [4.69, 9.17) is 5.11 Å². The zero-order chi connectivity index (χ0) is 14.5. The Morgan fingerprint density at radius 3 is 2.63 bits per heavy atom. The molecular formula is C12H24N2O4S. The summed E-state index contributed by atoms with van der Waals surface area (Å²) in [6.45, 7) is 5.74. The number of carboxylic acids is 1. The van der Waals surface area contributed by atoms with Crippen LogP contribution in [0.25, 0.3) is 0 Å². The molecule has 0 saturated carbocycles. The van der Waals surface area contributed by atoms with E-state index < -0.39 is 16.0 Å². The third-order valence-electron chi connectivity index (χ3n) is 3.12. The smallest absolute Gasteiger partial charge is 0.304 e. The van der Waals surface area contributed by atoms with Crippen LogP contribution < -0.4 is 5.32 Å². The molecule has 1 aliphatic rings. The number of sulfonamides is 1. The van der Waals surface area contributed by atoms with Crippen molar-refractivity contribution in [2.24, 2.45) is 5.92 Å². The van der Waals surface area contributed by atoms with Gasteiger partial charge in [-0.2, -0.15) is 0 Å². The molecule has 1 saturated heterocycles. The van der Waals surface area contributed by atoms with Crippen LogP contribution in [0.2, 0.25) is 0 Å². The van der Waals surface area contributed by atoms with Gasteiger partial charge in [0.25, 0.3) is 0 Å². The first kappa shape index (κ1) is 16.4. The molecule has 1 fully saturated rings. The summed E-state index contributed by atoms with van der Waals surface area (Å²) >= 11 is 0. The normalized spacial score (nSPS) is 20.3. The Morgan fingerprint density at radius 2 is 2.16 bits per heavy atom. The zero-order valence-electron chi connectivity index (χ0n) is 11.6. The molecule has 7 heteroatoms. The summed E-state index contributed by atoms with van der Waals surface area (Å²) in [6, 6.07) is 0.193. The molecule has 1 heterocycles. The molecule has 0 aromatic carbocycles. The first-order valence-electron chi connectivity index (χ1n) is 6.74. The highest BCUT2D eigenvalue weighted by Gasteiger charge is 2.27. The SMILES string of the molecule is CC(C)CN(CC1CCCN1)S(=O)(=O)CCC(=O)O. The highest BCUT2D eigenvalue weighted by molar-refractivity contribution is 7.89. The highest BCUT2D eigenvalue weighted by Crippen LogP contribution is 2.13. The Balaban J connectivity index is 2.67. The van der Waals surface area contributed by atoms with Gasteiger partial charge in [0.1, 0.15) is 0 Å². The lowest BCUT2D eigenvalue weighted by molar-refractivity contribution is -0.136. The van der Waals surface area contributed by atoms with E-state index in [1.165, 1.54) is 4.31 Å². The van der Waals surface area contributed by atoms with Crippen LogP contribution in [-0.4, -0.2) is 55.2 Å². The van der Waals surface area contributed by atoms with Gasteiger partial charge in [-0.1, -0.05) is 13.8 Å².